The summed E-state index contributed by atoms with van der Waals surface area (Å²) in [6, 6.07) is 9.47. The monoisotopic (exact) mass is 1140 g/mol. The van der Waals surface area contributed by atoms with Gasteiger partial charge in [-0.15, -0.1) is 29.3 Å². The van der Waals surface area contributed by atoms with Crippen LogP contribution in [0.2, 0.25) is 0 Å². The number of benzene rings is 6. The van der Waals surface area contributed by atoms with E-state index in [0.29, 0.717) is 11.1 Å². The average Bonchev–Trinajstić information content (AvgIpc) is 0.861. The predicted octanol–water partition coefficient (Wildman–Crippen LogP) is 17.7. The van der Waals surface area contributed by atoms with Gasteiger partial charge in [-0.05, 0) is 116 Å². The molecule has 5 heteroatoms. The molecule has 0 bridgehead atoms. The number of phenolic OH excluding ortho intramolecular Hbond substituents is 1. The molecule has 0 aliphatic rings. The van der Waals surface area contributed by atoms with Crippen LogP contribution >= 0.6 is 0 Å². The van der Waals surface area contributed by atoms with Crippen LogP contribution in [-0.4, -0.2) is 19.6 Å². The van der Waals surface area contributed by atoms with Gasteiger partial charge in [0.2, 0.25) is 0 Å². The van der Waals surface area contributed by atoms with Gasteiger partial charge in [0.1, 0.15) is 11.6 Å². The maximum atomic E-state index is 13.4. The van der Waals surface area contributed by atoms with E-state index in [1.807, 2.05) is 0 Å². The molecule has 4 nitrogen and oxygen atoms in total. The Morgan fingerprint density at radius 2 is 1.34 bits per heavy atom. The third-order valence-electron chi connectivity index (χ3n) is 11.4. The Bertz CT molecular complexity index is 4530. The predicted molar refractivity (Wildman–Crippen MR) is 294 cm³/mol. The van der Waals surface area contributed by atoms with Crippen LogP contribution in [0.4, 0.5) is 0 Å². The van der Waals surface area contributed by atoms with E-state index in [1.54, 1.807) is 74.4 Å². The number of para-hydroxylation sites is 1. The first-order valence-corrected chi connectivity index (χ1v) is 22.0. The number of fused-ring (bicyclic) bond motifs is 1. The molecule has 0 aliphatic carbocycles. The summed E-state index contributed by atoms with van der Waals surface area (Å²) in [4.78, 5) is 9.52. The number of aromatic hydroxyl groups is 1. The van der Waals surface area contributed by atoms with Gasteiger partial charge in [-0.2, -0.15) is 0 Å². The summed E-state index contributed by atoms with van der Waals surface area (Å²) >= 11 is 0. The molecule has 70 heavy (non-hydrogen) atoms. The summed E-state index contributed by atoms with van der Waals surface area (Å²) in [6.07, 6.45) is -1.28. The molecule has 0 radical (unpaired) electrons. The minimum absolute atomic E-state index is 0. The van der Waals surface area contributed by atoms with Gasteiger partial charge in [-0.1, -0.05) is 193 Å². The largest absolute Gasteiger partial charge is 0.507 e. The van der Waals surface area contributed by atoms with E-state index in [4.69, 9.17) is 44.7 Å². The molecule has 8 rings (SSSR count). The molecule has 2 aromatic heterocycles. The molecular formula is C65H74N3OPt-. The topological polar surface area (TPSA) is 50.9 Å². The van der Waals surface area contributed by atoms with Crippen molar-refractivity contribution in [3.63, 3.8) is 0 Å². The molecule has 0 amide bonds. The van der Waals surface area contributed by atoms with Crippen molar-refractivity contribution in [2.24, 2.45) is 5.41 Å². The number of rotatable bonds is 7. The van der Waals surface area contributed by atoms with Crippen molar-refractivity contribution >= 4 is 11.0 Å². The smallest absolute Gasteiger partial charge is 0.148 e. The van der Waals surface area contributed by atoms with Crippen molar-refractivity contribution in [3.8, 4) is 67.5 Å². The van der Waals surface area contributed by atoms with E-state index in [0.717, 1.165) is 22.9 Å². The summed E-state index contributed by atoms with van der Waals surface area (Å²) in [5.74, 6) is -3.01. The van der Waals surface area contributed by atoms with Crippen molar-refractivity contribution in [1.29, 1.82) is 0 Å². The molecule has 8 aromatic rings. The summed E-state index contributed by atoms with van der Waals surface area (Å²) in [5, 5.41) is 13.4. The van der Waals surface area contributed by atoms with Crippen molar-refractivity contribution in [2.75, 3.05) is 0 Å². The zero-order valence-electron chi connectivity index (χ0n) is 74.0. The first-order valence-electron chi connectivity index (χ1n) is 39.0. The summed E-state index contributed by atoms with van der Waals surface area (Å²) in [5.41, 5.74) is -20.9. The molecular weight excluding hydrogens is 1030 g/mol. The Kier molecular flexibility index (Phi) is 6.41. The minimum atomic E-state index is -4.65. The zero-order chi connectivity index (χ0) is 78.9. The first kappa shape index (κ1) is 23.8. The molecule has 0 fully saturated rings. The second-order valence-corrected chi connectivity index (χ2v) is 20.3. The van der Waals surface area contributed by atoms with E-state index in [-0.39, 0.29) is 76.9 Å². The molecule has 0 spiro atoms. The Balaban J connectivity index is 0.0000151. The van der Waals surface area contributed by atoms with Gasteiger partial charge >= 0.3 is 0 Å². The Morgan fingerprint density at radius 3 is 2.00 bits per heavy atom. The molecule has 366 valence electrons. The van der Waals surface area contributed by atoms with Crippen LogP contribution in [0.3, 0.4) is 0 Å². The van der Waals surface area contributed by atoms with E-state index in [9.17, 15) is 12.0 Å². The van der Waals surface area contributed by atoms with Crippen molar-refractivity contribution in [1.82, 2.24) is 14.5 Å². The van der Waals surface area contributed by atoms with Crippen LogP contribution in [0.1, 0.15) is 189 Å². The second-order valence-electron chi connectivity index (χ2n) is 20.3. The fourth-order valence-corrected chi connectivity index (χ4v) is 7.98. The first-order chi connectivity index (χ1) is 46.1. The molecule has 0 aliphatic heterocycles. The fraction of sp³-hybridized carbons (Fsp3) is 0.354. The Morgan fingerprint density at radius 1 is 0.643 bits per heavy atom. The maximum absolute atomic E-state index is 13.4. The quantitative estimate of drug-likeness (QED) is 0.162. The molecule has 6 aromatic carbocycles. The standard InChI is InChI=1S/C65H74N3O.Pt/c1-40-30-42(38-61(3,4)5)26-28-49(40)51-37-55(66-39-41(51)2)45-31-44(32-47(33-45)63(9,10)11)50-24-21-25-57-58(50)67-60(53-35-48(64(12,13)14)36-54(59(53)69)65(15,16)17)68(57)56-29-27-46(62(6,7)8)34-52(56)43-22-19-18-20-23-43;/h18-30,32-37,39,69H,38H2,1-17H3;/q-1;/i1D3,2D3,12D3,13D3,14D3,15D3,16D3,17D3,18D,19D,20D,22D,23D,28D,35D,36D,38D2;. The number of aryl methyl sites for hydroxylation is 2. The van der Waals surface area contributed by atoms with Gasteiger partial charge in [0.15, 0.2) is 0 Å². The second kappa shape index (κ2) is 18.9. The van der Waals surface area contributed by atoms with Gasteiger partial charge in [-0.25, -0.2) is 4.98 Å². The van der Waals surface area contributed by atoms with Crippen molar-refractivity contribution in [2.45, 2.75) is 145 Å². The number of nitrogens with zero attached hydrogens (tertiary/aromatic N) is 3. The number of hydrogen-bond donors (Lipinski definition) is 1. The zero-order valence-corrected chi connectivity index (χ0v) is 42.3. The van der Waals surface area contributed by atoms with Gasteiger partial charge in [0.25, 0.3) is 0 Å². The number of imidazole rings is 1. The van der Waals surface area contributed by atoms with Crippen molar-refractivity contribution < 1.29 is 72.8 Å². The van der Waals surface area contributed by atoms with Gasteiger partial charge in [-0.3, -0.25) is 9.55 Å². The summed E-state index contributed by atoms with van der Waals surface area (Å²) < 4.78 is 305. The van der Waals surface area contributed by atoms with Gasteiger partial charge in [0, 0.05) is 79.7 Å². The van der Waals surface area contributed by atoms with Crippen LogP contribution < -0.4 is 0 Å². The average molecular weight is 1140 g/mol. The molecule has 1 N–H and O–H groups in total. The molecule has 0 saturated heterocycles. The minimum Gasteiger partial charge on any atom is -0.507 e. The molecule has 0 unspecified atom stereocenters. The van der Waals surface area contributed by atoms with Gasteiger partial charge < -0.3 is 5.11 Å². The van der Waals surface area contributed by atoms with E-state index in [1.165, 1.54) is 42.5 Å². The third kappa shape index (κ3) is 10.7. The Hall–Kier alpha value is -5.57. The summed E-state index contributed by atoms with van der Waals surface area (Å²) in [6.45, 7) is -17.9. The molecule has 0 atom stereocenters. The third-order valence-corrected chi connectivity index (χ3v) is 11.4. The number of aromatic nitrogens is 3. The van der Waals surface area contributed by atoms with Crippen LogP contribution in [0.25, 0.3) is 72.7 Å². The van der Waals surface area contributed by atoms with Gasteiger partial charge in [0.05, 0.1) is 33.3 Å². The van der Waals surface area contributed by atoms with E-state index in [2.05, 4.69) is 11.1 Å². The summed E-state index contributed by atoms with van der Waals surface area (Å²) in [7, 11) is 0. The van der Waals surface area contributed by atoms with Crippen LogP contribution in [0.15, 0.2) is 121 Å². The SMILES string of the molecule is [2H]c1cc(C([2H])([2H])C(C)(C)C)cc(C([2H])([2H])[2H])c1-c1cc(-c2[c-]c(-c3cccc4c3nc(-c3c([2H])c(C(C([2H])([2H])[2H])(C([2H])([2H])[2H])C([2H])([2H])[2H])c([2H])c(C(C([2H])([2H])[2H])(C([2H])([2H])[2H])C([2H])([2H])[2H])c3O)n4-c3ccc(C(C)(C)C)cc3-c3c([2H])c([2H])c([2H])c([2H])c3[2H])cc(C(C)(C)C)c2)ncc1C([2H])([2H])[2H].[Pt]. The number of pyridine rings is 1. The molecule has 0 saturated carbocycles. The van der Waals surface area contributed by atoms with Crippen LogP contribution in [0.5, 0.6) is 5.75 Å². The Labute approximate surface area is 482 Å². The van der Waals surface area contributed by atoms with Crippen molar-refractivity contribution in [3.05, 3.63) is 166 Å². The van der Waals surface area contributed by atoms with E-state index >= 15 is 0 Å². The maximum Gasteiger partial charge on any atom is 0.148 e. The number of phenols is 1. The normalized spacial score (nSPS) is 21.4. The van der Waals surface area contributed by atoms with Crippen LogP contribution in [0, 0.1) is 25.2 Å². The molecule has 2 heterocycles. The van der Waals surface area contributed by atoms with Crippen LogP contribution in [-0.2, 0) is 49.1 Å². The number of hydrogen-bond acceptors (Lipinski definition) is 3. The fourth-order valence-electron chi connectivity index (χ4n) is 7.98. The van der Waals surface area contributed by atoms with E-state index < -0.39 is 187 Å².